The number of hydrogen-bond donors (Lipinski definition) is 0. The standard InChI is InChI=1S/C21H20O5/c1-13(2)25-21(23)15-5-7-17(8-6-15)24-12-16-11-20(22)26-19-10-14(3)4-9-18(16)19/h4-11,13H,12H2,1-3H3. The molecule has 0 N–H and O–H groups in total. The summed E-state index contributed by atoms with van der Waals surface area (Å²) in [5, 5.41) is 0.840. The topological polar surface area (TPSA) is 65.7 Å². The minimum Gasteiger partial charge on any atom is -0.489 e. The average molecular weight is 352 g/mol. The summed E-state index contributed by atoms with van der Waals surface area (Å²) < 4.78 is 16.2. The normalized spacial score (nSPS) is 10.9. The molecule has 3 rings (SSSR count). The van der Waals surface area contributed by atoms with E-state index in [1.165, 1.54) is 6.07 Å². The third-order valence-electron chi connectivity index (χ3n) is 3.81. The number of aryl methyl sites for hydroxylation is 1. The van der Waals surface area contributed by atoms with Crippen molar-refractivity contribution in [1.82, 2.24) is 0 Å². The van der Waals surface area contributed by atoms with E-state index in [0.29, 0.717) is 16.9 Å². The van der Waals surface area contributed by atoms with Crippen LogP contribution in [-0.2, 0) is 11.3 Å². The second-order valence-electron chi connectivity index (χ2n) is 6.36. The summed E-state index contributed by atoms with van der Waals surface area (Å²) in [6, 6.07) is 13.9. The molecule has 0 spiro atoms. The van der Waals surface area contributed by atoms with Crippen molar-refractivity contribution < 1.29 is 18.7 Å². The first-order chi connectivity index (χ1) is 12.4. The Balaban J connectivity index is 1.76. The highest BCUT2D eigenvalue weighted by Crippen LogP contribution is 2.21. The molecule has 0 fully saturated rings. The first-order valence-corrected chi connectivity index (χ1v) is 8.39. The molecular weight excluding hydrogens is 332 g/mol. The fourth-order valence-electron chi connectivity index (χ4n) is 2.59. The predicted molar refractivity (Wildman–Crippen MR) is 98.5 cm³/mol. The number of benzene rings is 2. The molecule has 0 unspecified atom stereocenters. The fourth-order valence-corrected chi connectivity index (χ4v) is 2.59. The Kier molecular flexibility index (Phi) is 5.07. The maximum absolute atomic E-state index is 11.8. The van der Waals surface area contributed by atoms with Crippen molar-refractivity contribution in [1.29, 1.82) is 0 Å². The summed E-state index contributed by atoms with van der Waals surface area (Å²) in [6.07, 6.45) is -0.167. The van der Waals surface area contributed by atoms with Gasteiger partial charge in [0.1, 0.15) is 17.9 Å². The zero-order chi connectivity index (χ0) is 18.7. The summed E-state index contributed by atoms with van der Waals surface area (Å²) in [7, 11) is 0. The van der Waals surface area contributed by atoms with Gasteiger partial charge in [-0.25, -0.2) is 9.59 Å². The van der Waals surface area contributed by atoms with Crippen LogP contribution < -0.4 is 10.4 Å². The van der Waals surface area contributed by atoms with Crippen LogP contribution in [0, 0.1) is 6.92 Å². The molecule has 3 aromatic rings. The van der Waals surface area contributed by atoms with Gasteiger partial charge in [-0.1, -0.05) is 12.1 Å². The van der Waals surface area contributed by atoms with Crippen LogP contribution in [0.15, 0.2) is 57.7 Å². The maximum Gasteiger partial charge on any atom is 0.338 e. The highest BCUT2D eigenvalue weighted by Gasteiger charge is 2.10. The van der Waals surface area contributed by atoms with E-state index in [1.807, 2.05) is 25.1 Å². The van der Waals surface area contributed by atoms with Crippen LogP contribution >= 0.6 is 0 Å². The minimum absolute atomic E-state index is 0.167. The molecule has 0 saturated carbocycles. The molecular formula is C21H20O5. The van der Waals surface area contributed by atoms with E-state index in [9.17, 15) is 9.59 Å². The van der Waals surface area contributed by atoms with Crippen molar-refractivity contribution in [3.63, 3.8) is 0 Å². The van der Waals surface area contributed by atoms with E-state index in [1.54, 1.807) is 38.1 Å². The van der Waals surface area contributed by atoms with Crippen LogP contribution in [0.2, 0.25) is 0 Å². The van der Waals surface area contributed by atoms with E-state index in [-0.39, 0.29) is 18.7 Å². The molecule has 5 heteroatoms. The quantitative estimate of drug-likeness (QED) is 0.507. The van der Waals surface area contributed by atoms with E-state index in [2.05, 4.69) is 0 Å². The maximum atomic E-state index is 11.8. The first-order valence-electron chi connectivity index (χ1n) is 8.39. The second-order valence-corrected chi connectivity index (χ2v) is 6.36. The van der Waals surface area contributed by atoms with Gasteiger partial charge in [-0.15, -0.1) is 0 Å². The first kappa shape index (κ1) is 17.7. The number of fused-ring (bicyclic) bond motifs is 1. The van der Waals surface area contributed by atoms with Crippen LogP contribution in [-0.4, -0.2) is 12.1 Å². The van der Waals surface area contributed by atoms with Crippen LogP contribution in [0.5, 0.6) is 5.75 Å². The van der Waals surface area contributed by atoms with Crippen LogP contribution in [0.3, 0.4) is 0 Å². The number of rotatable bonds is 5. The summed E-state index contributed by atoms with van der Waals surface area (Å²) in [4.78, 5) is 23.6. The molecule has 5 nitrogen and oxygen atoms in total. The summed E-state index contributed by atoms with van der Waals surface area (Å²) in [5.74, 6) is 0.230. The summed E-state index contributed by atoms with van der Waals surface area (Å²) >= 11 is 0. The van der Waals surface area contributed by atoms with Gasteiger partial charge in [0.2, 0.25) is 0 Å². The van der Waals surface area contributed by atoms with Gasteiger partial charge in [-0.2, -0.15) is 0 Å². The smallest absolute Gasteiger partial charge is 0.338 e. The Morgan fingerprint density at radius 3 is 2.50 bits per heavy atom. The lowest BCUT2D eigenvalue weighted by Gasteiger charge is -2.10. The Labute approximate surface area is 151 Å². The molecule has 26 heavy (non-hydrogen) atoms. The number of ether oxygens (including phenoxy) is 2. The van der Waals surface area contributed by atoms with Crippen molar-refractivity contribution in [2.75, 3.05) is 0 Å². The molecule has 0 bridgehead atoms. The molecule has 0 aliphatic carbocycles. The van der Waals surface area contributed by atoms with Gasteiger partial charge in [0.15, 0.2) is 0 Å². The average Bonchev–Trinajstić information content (AvgIpc) is 2.59. The van der Waals surface area contributed by atoms with Crippen molar-refractivity contribution >= 4 is 16.9 Å². The molecule has 134 valence electrons. The van der Waals surface area contributed by atoms with Gasteiger partial charge in [-0.05, 0) is 56.7 Å². The minimum atomic E-state index is -0.409. The molecule has 2 aromatic carbocycles. The number of carbonyl (C=O) groups is 1. The molecule has 0 amide bonds. The molecule has 0 radical (unpaired) electrons. The molecule has 1 heterocycles. The van der Waals surface area contributed by atoms with Crippen LogP contribution in [0.4, 0.5) is 0 Å². The number of esters is 1. The second kappa shape index (κ2) is 7.44. The van der Waals surface area contributed by atoms with Crippen LogP contribution in [0.1, 0.15) is 35.3 Å². The number of carbonyl (C=O) groups excluding carboxylic acids is 1. The Morgan fingerprint density at radius 2 is 1.81 bits per heavy atom. The fraction of sp³-hybridized carbons (Fsp3) is 0.238. The zero-order valence-corrected chi connectivity index (χ0v) is 14.9. The van der Waals surface area contributed by atoms with Crippen molar-refractivity contribution in [2.45, 2.75) is 33.5 Å². The zero-order valence-electron chi connectivity index (χ0n) is 14.9. The highest BCUT2D eigenvalue weighted by atomic mass is 16.5. The Morgan fingerprint density at radius 1 is 1.08 bits per heavy atom. The summed E-state index contributed by atoms with van der Waals surface area (Å²) in [6.45, 7) is 5.77. The lowest BCUT2D eigenvalue weighted by atomic mass is 10.1. The van der Waals surface area contributed by atoms with Gasteiger partial charge in [0.05, 0.1) is 11.7 Å². The van der Waals surface area contributed by atoms with E-state index >= 15 is 0 Å². The number of hydrogen-bond acceptors (Lipinski definition) is 5. The van der Waals surface area contributed by atoms with Crippen molar-refractivity contribution in [3.05, 3.63) is 75.6 Å². The third-order valence-corrected chi connectivity index (χ3v) is 3.81. The van der Waals surface area contributed by atoms with Crippen molar-refractivity contribution in [2.24, 2.45) is 0 Å². The summed E-state index contributed by atoms with van der Waals surface area (Å²) in [5.41, 5.74) is 2.37. The lowest BCUT2D eigenvalue weighted by molar-refractivity contribution is 0.0378. The van der Waals surface area contributed by atoms with Gasteiger partial charge in [-0.3, -0.25) is 0 Å². The van der Waals surface area contributed by atoms with Gasteiger partial charge >= 0.3 is 11.6 Å². The predicted octanol–water partition coefficient (Wildman–Crippen LogP) is 4.25. The highest BCUT2D eigenvalue weighted by molar-refractivity contribution is 5.89. The van der Waals surface area contributed by atoms with Gasteiger partial charge < -0.3 is 13.9 Å². The van der Waals surface area contributed by atoms with Crippen LogP contribution in [0.25, 0.3) is 11.0 Å². The van der Waals surface area contributed by atoms with E-state index in [0.717, 1.165) is 16.5 Å². The Hall–Kier alpha value is -3.08. The van der Waals surface area contributed by atoms with Gasteiger partial charge in [0.25, 0.3) is 0 Å². The van der Waals surface area contributed by atoms with E-state index in [4.69, 9.17) is 13.9 Å². The Bertz CT molecular complexity index is 983. The van der Waals surface area contributed by atoms with Crippen molar-refractivity contribution in [3.8, 4) is 5.75 Å². The monoisotopic (exact) mass is 352 g/mol. The largest absolute Gasteiger partial charge is 0.489 e. The molecule has 1 aromatic heterocycles. The molecule has 0 saturated heterocycles. The molecule has 0 aliphatic rings. The molecule has 0 atom stereocenters. The SMILES string of the molecule is Cc1ccc2c(COc3ccc(C(=O)OC(C)C)cc3)cc(=O)oc2c1. The van der Waals surface area contributed by atoms with Gasteiger partial charge in [0, 0.05) is 17.0 Å². The van der Waals surface area contributed by atoms with E-state index < -0.39 is 5.63 Å². The third kappa shape index (κ3) is 4.11. The lowest BCUT2D eigenvalue weighted by Crippen LogP contribution is -2.11. The molecule has 0 aliphatic heterocycles.